The molecule has 4 aromatic rings. The molecule has 0 bridgehead atoms. The summed E-state index contributed by atoms with van der Waals surface area (Å²) in [7, 11) is 0. The summed E-state index contributed by atoms with van der Waals surface area (Å²) in [5, 5.41) is 6.34. The first kappa shape index (κ1) is 21.8. The molecule has 0 aliphatic carbocycles. The molecule has 1 aromatic carbocycles. The first-order valence-electron chi connectivity index (χ1n) is 13.2. The number of piperidine rings is 1. The lowest BCUT2D eigenvalue weighted by Gasteiger charge is -2.36. The summed E-state index contributed by atoms with van der Waals surface area (Å²) in [6.45, 7) is 8.48. The van der Waals surface area contributed by atoms with Crippen LogP contribution in [0.25, 0.3) is 16.6 Å². The highest BCUT2D eigenvalue weighted by atomic mass is 16.5. The van der Waals surface area contributed by atoms with Gasteiger partial charge in [0.1, 0.15) is 23.8 Å². The van der Waals surface area contributed by atoms with Crippen molar-refractivity contribution >= 4 is 34.0 Å². The van der Waals surface area contributed by atoms with E-state index in [0.29, 0.717) is 0 Å². The minimum absolute atomic E-state index is 0.156. The molecule has 3 aromatic heterocycles. The Morgan fingerprint density at radius 1 is 0.917 bits per heavy atom. The van der Waals surface area contributed by atoms with E-state index in [9.17, 15) is 0 Å². The van der Waals surface area contributed by atoms with Gasteiger partial charge in [-0.15, -0.1) is 0 Å². The maximum absolute atomic E-state index is 5.64. The maximum Gasteiger partial charge on any atom is 0.160 e. The zero-order valence-electron chi connectivity index (χ0n) is 20.8. The number of fused-ring (bicyclic) bond motifs is 2. The molecule has 0 spiro atoms. The van der Waals surface area contributed by atoms with Crippen LogP contribution in [0.1, 0.15) is 43.0 Å². The molecule has 0 N–H and O–H groups in total. The van der Waals surface area contributed by atoms with Crippen molar-refractivity contribution < 1.29 is 4.74 Å². The molecule has 9 heteroatoms. The van der Waals surface area contributed by atoms with Crippen LogP contribution in [0.3, 0.4) is 0 Å². The first-order valence-corrected chi connectivity index (χ1v) is 13.2. The number of morpholine rings is 1. The van der Waals surface area contributed by atoms with Gasteiger partial charge in [-0.05, 0) is 44.2 Å². The number of hydrogen-bond acceptors (Lipinski definition) is 8. The van der Waals surface area contributed by atoms with Crippen molar-refractivity contribution in [1.29, 1.82) is 0 Å². The SMILES string of the molecule is Cc1cccc2ncnc(N3CCCC[C@@H]3c3cc4nc(N5CCC5)cc(N5CCOCC5)n4n3)c12. The average molecular weight is 485 g/mol. The number of anilines is 3. The first-order chi connectivity index (χ1) is 17.8. The Hall–Kier alpha value is -3.46. The van der Waals surface area contributed by atoms with E-state index in [1.165, 1.54) is 18.4 Å². The minimum Gasteiger partial charge on any atom is -0.378 e. The van der Waals surface area contributed by atoms with E-state index < -0.39 is 0 Å². The zero-order valence-corrected chi connectivity index (χ0v) is 20.8. The van der Waals surface area contributed by atoms with Gasteiger partial charge >= 0.3 is 0 Å². The van der Waals surface area contributed by atoms with Gasteiger partial charge in [0.25, 0.3) is 0 Å². The van der Waals surface area contributed by atoms with Gasteiger partial charge in [-0.25, -0.2) is 15.0 Å². The molecule has 0 radical (unpaired) electrons. The van der Waals surface area contributed by atoms with Crippen molar-refractivity contribution in [1.82, 2.24) is 24.6 Å². The fourth-order valence-corrected chi connectivity index (χ4v) is 5.82. The van der Waals surface area contributed by atoms with Gasteiger partial charge in [0, 0.05) is 50.2 Å². The van der Waals surface area contributed by atoms with Gasteiger partial charge < -0.3 is 19.4 Å². The molecule has 3 aliphatic heterocycles. The third-order valence-electron chi connectivity index (χ3n) is 7.90. The molecular weight excluding hydrogens is 452 g/mol. The van der Waals surface area contributed by atoms with Gasteiger partial charge in [0.2, 0.25) is 0 Å². The van der Waals surface area contributed by atoms with E-state index in [1.54, 1.807) is 6.33 Å². The number of nitrogens with zero attached hydrogens (tertiary/aromatic N) is 8. The van der Waals surface area contributed by atoms with E-state index in [0.717, 1.165) is 98.5 Å². The predicted octanol–water partition coefficient (Wildman–Crippen LogP) is 3.76. The largest absolute Gasteiger partial charge is 0.378 e. The monoisotopic (exact) mass is 484 g/mol. The van der Waals surface area contributed by atoms with Crippen LogP contribution in [0.5, 0.6) is 0 Å². The smallest absolute Gasteiger partial charge is 0.160 e. The van der Waals surface area contributed by atoms with Gasteiger partial charge in [-0.2, -0.15) is 9.61 Å². The fourth-order valence-electron chi connectivity index (χ4n) is 5.82. The van der Waals surface area contributed by atoms with Crippen molar-refractivity contribution in [2.24, 2.45) is 0 Å². The van der Waals surface area contributed by atoms with Crippen LogP contribution in [0.2, 0.25) is 0 Å². The van der Waals surface area contributed by atoms with E-state index in [1.807, 2.05) is 0 Å². The molecular formula is C27H32N8O. The molecule has 9 nitrogen and oxygen atoms in total. The lowest BCUT2D eigenvalue weighted by atomic mass is 9.98. The number of rotatable bonds is 4. The highest BCUT2D eigenvalue weighted by Gasteiger charge is 2.30. The number of benzene rings is 1. The second kappa shape index (κ2) is 8.89. The summed E-state index contributed by atoms with van der Waals surface area (Å²) < 4.78 is 7.69. The molecule has 0 saturated carbocycles. The predicted molar refractivity (Wildman–Crippen MR) is 141 cm³/mol. The van der Waals surface area contributed by atoms with E-state index in [2.05, 4.69) is 61.5 Å². The summed E-state index contributed by atoms with van der Waals surface area (Å²) >= 11 is 0. The summed E-state index contributed by atoms with van der Waals surface area (Å²) in [6.07, 6.45) is 6.31. The van der Waals surface area contributed by atoms with Crippen molar-refractivity contribution in [3.63, 3.8) is 0 Å². The number of aryl methyl sites for hydroxylation is 1. The van der Waals surface area contributed by atoms with Crippen molar-refractivity contribution in [3.8, 4) is 0 Å². The Morgan fingerprint density at radius 2 is 1.81 bits per heavy atom. The molecule has 3 saturated heterocycles. The number of aromatic nitrogens is 5. The molecule has 1 atom stereocenters. The number of hydrogen-bond donors (Lipinski definition) is 0. The normalized spacial score (nSPS) is 20.8. The molecule has 3 fully saturated rings. The van der Waals surface area contributed by atoms with Crippen LogP contribution in [0, 0.1) is 6.92 Å². The fraction of sp³-hybridized carbons (Fsp3) is 0.481. The van der Waals surface area contributed by atoms with Crippen LogP contribution in [0.15, 0.2) is 36.7 Å². The summed E-state index contributed by atoms with van der Waals surface area (Å²) in [5.41, 5.74) is 4.19. The van der Waals surface area contributed by atoms with Gasteiger partial charge in [-0.1, -0.05) is 12.1 Å². The summed E-state index contributed by atoms with van der Waals surface area (Å²) in [6, 6.07) is 10.9. The average Bonchev–Trinajstić information content (AvgIpc) is 3.32. The van der Waals surface area contributed by atoms with Crippen molar-refractivity contribution in [2.45, 2.75) is 38.6 Å². The van der Waals surface area contributed by atoms with E-state index in [-0.39, 0.29) is 6.04 Å². The topological polar surface area (TPSA) is 74.9 Å². The van der Waals surface area contributed by atoms with Gasteiger partial charge in [0.05, 0.1) is 30.5 Å². The molecule has 7 rings (SSSR count). The van der Waals surface area contributed by atoms with Crippen LogP contribution in [-0.2, 0) is 4.74 Å². The Bertz CT molecular complexity index is 1400. The zero-order chi connectivity index (χ0) is 24.1. The Morgan fingerprint density at radius 3 is 2.64 bits per heavy atom. The molecule has 0 unspecified atom stereocenters. The van der Waals surface area contributed by atoms with Crippen LogP contribution < -0.4 is 14.7 Å². The van der Waals surface area contributed by atoms with Crippen molar-refractivity contribution in [2.75, 3.05) is 60.6 Å². The number of ether oxygens (including phenoxy) is 1. The second-order valence-corrected chi connectivity index (χ2v) is 10.1. The van der Waals surface area contributed by atoms with Crippen LogP contribution in [-0.4, -0.2) is 70.5 Å². The summed E-state index contributed by atoms with van der Waals surface area (Å²) in [5.74, 6) is 3.18. The van der Waals surface area contributed by atoms with Crippen molar-refractivity contribution in [3.05, 3.63) is 47.9 Å². The third kappa shape index (κ3) is 3.64. The molecule has 0 amide bonds. The molecule has 3 aliphatic rings. The van der Waals surface area contributed by atoms with E-state index in [4.69, 9.17) is 19.8 Å². The third-order valence-corrected chi connectivity index (χ3v) is 7.90. The van der Waals surface area contributed by atoms with Crippen LogP contribution in [0.4, 0.5) is 17.5 Å². The standard InChI is InChI=1S/C27H32N8O/c1-19-6-4-7-20-26(19)27(29-18-28-20)34-11-3-2-8-22(34)21-16-24-30-23(32-9-5-10-32)17-25(35(24)31-21)33-12-14-36-15-13-33/h4,6-7,16-18,22H,2-3,5,8-15H2,1H3/t22-/m1/s1. The van der Waals surface area contributed by atoms with Crippen LogP contribution >= 0.6 is 0 Å². The minimum atomic E-state index is 0.156. The van der Waals surface area contributed by atoms with Gasteiger partial charge in [0.15, 0.2) is 5.65 Å². The maximum atomic E-state index is 5.64. The Balaban J connectivity index is 1.33. The highest BCUT2D eigenvalue weighted by molar-refractivity contribution is 5.92. The quantitative estimate of drug-likeness (QED) is 0.434. The lowest BCUT2D eigenvalue weighted by molar-refractivity contribution is 0.122. The Labute approximate surface area is 210 Å². The summed E-state index contributed by atoms with van der Waals surface area (Å²) in [4.78, 5) is 21.6. The Kier molecular flexibility index (Phi) is 5.38. The second-order valence-electron chi connectivity index (χ2n) is 10.1. The lowest BCUT2D eigenvalue weighted by Crippen LogP contribution is -2.40. The van der Waals surface area contributed by atoms with E-state index >= 15 is 0 Å². The van der Waals surface area contributed by atoms with Gasteiger partial charge in [-0.3, -0.25) is 0 Å². The highest BCUT2D eigenvalue weighted by Crippen LogP contribution is 2.38. The molecule has 36 heavy (non-hydrogen) atoms. The molecule has 6 heterocycles. The molecule has 186 valence electrons.